The summed E-state index contributed by atoms with van der Waals surface area (Å²) in [5.74, 6) is -0.797. The van der Waals surface area contributed by atoms with Gasteiger partial charge in [0.25, 0.3) is 10.9 Å². The number of likely N-dealkylation sites (tertiary alicyclic amines) is 1. The molecule has 0 bridgehead atoms. The number of alkyl halides is 2. The SMILES string of the molecule is CN1C[C@H](F)[C@](F)(Sc2ccccc2)C1=O. The van der Waals surface area contributed by atoms with Crippen LogP contribution < -0.4 is 0 Å². The Morgan fingerprint density at radius 1 is 1.44 bits per heavy atom. The summed E-state index contributed by atoms with van der Waals surface area (Å²) < 4.78 is 27.7. The Bertz CT molecular complexity index is 400. The van der Waals surface area contributed by atoms with Crippen molar-refractivity contribution in [1.29, 1.82) is 0 Å². The Hall–Kier alpha value is -1.10. The lowest BCUT2D eigenvalue weighted by molar-refractivity contribution is -0.132. The fourth-order valence-corrected chi connectivity index (χ4v) is 2.68. The van der Waals surface area contributed by atoms with E-state index in [1.54, 1.807) is 30.3 Å². The molecule has 1 aromatic rings. The second kappa shape index (κ2) is 4.05. The zero-order chi connectivity index (χ0) is 11.8. The van der Waals surface area contributed by atoms with Crippen molar-refractivity contribution in [2.24, 2.45) is 0 Å². The first kappa shape index (κ1) is 11.4. The summed E-state index contributed by atoms with van der Waals surface area (Å²) in [5, 5.41) is -2.48. The molecule has 0 aromatic heterocycles. The number of halogens is 2. The molecule has 2 rings (SSSR count). The van der Waals surface area contributed by atoms with E-state index >= 15 is 0 Å². The minimum absolute atomic E-state index is 0.185. The van der Waals surface area contributed by atoms with E-state index in [1.165, 1.54) is 7.05 Å². The molecule has 1 aliphatic rings. The van der Waals surface area contributed by atoms with E-state index in [0.29, 0.717) is 16.7 Å². The Morgan fingerprint density at radius 3 is 2.56 bits per heavy atom. The van der Waals surface area contributed by atoms with Gasteiger partial charge in [0.2, 0.25) is 0 Å². The van der Waals surface area contributed by atoms with E-state index in [2.05, 4.69) is 0 Å². The summed E-state index contributed by atoms with van der Waals surface area (Å²) in [6.45, 7) is -0.185. The Balaban J connectivity index is 2.23. The highest BCUT2D eigenvalue weighted by Crippen LogP contribution is 2.43. The summed E-state index contributed by atoms with van der Waals surface area (Å²) in [4.78, 5) is 13.2. The molecule has 16 heavy (non-hydrogen) atoms. The van der Waals surface area contributed by atoms with Crippen molar-refractivity contribution in [3.63, 3.8) is 0 Å². The third-order valence-corrected chi connectivity index (χ3v) is 3.72. The standard InChI is InChI=1S/C11H11F2NOS/c1-14-7-9(12)11(13,10(14)15)16-8-5-3-2-4-6-8/h2-6,9H,7H2,1H3/t9-,11-/m0/s1. The lowest BCUT2D eigenvalue weighted by Crippen LogP contribution is -2.35. The number of thioether (sulfide) groups is 1. The highest BCUT2D eigenvalue weighted by atomic mass is 32.2. The molecular formula is C11H11F2NOS. The third-order valence-electron chi connectivity index (χ3n) is 2.48. The number of rotatable bonds is 2. The van der Waals surface area contributed by atoms with Gasteiger partial charge in [-0.25, -0.2) is 8.78 Å². The molecule has 1 amide bonds. The van der Waals surface area contributed by atoms with Crippen LogP contribution in [0.2, 0.25) is 0 Å². The molecule has 1 heterocycles. The molecule has 1 aromatic carbocycles. The predicted octanol–water partition coefficient (Wildman–Crippen LogP) is 2.25. The molecule has 5 heteroatoms. The average molecular weight is 243 g/mol. The van der Waals surface area contributed by atoms with Crippen LogP contribution in [0.25, 0.3) is 0 Å². The summed E-state index contributed by atoms with van der Waals surface area (Å²) in [5.41, 5.74) is 0. The van der Waals surface area contributed by atoms with Crippen LogP contribution in [-0.4, -0.2) is 35.6 Å². The molecule has 86 valence electrons. The molecular weight excluding hydrogens is 232 g/mol. The van der Waals surface area contributed by atoms with Crippen molar-refractivity contribution in [2.75, 3.05) is 13.6 Å². The van der Waals surface area contributed by atoms with Crippen molar-refractivity contribution < 1.29 is 13.6 Å². The smallest absolute Gasteiger partial charge is 0.274 e. The lowest BCUT2D eigenvalue weighted by Gasteiger charge is -2.18. The molecule has 1 fully saturated rings. The Kier molecular flexibility index (Phi) is 2.88. The Labute approximate surface area is 96.6 Å². The van der Waals surface area contributed by atoms with Gasteiger partial charge in [-0.2, -0.15) is 0 Å². The maximum atomic E-state index is 14.2. The first-order valence-corrected chi connectivity index (χ1v) is 5.68. The highest BCUT2D eigenvalue weighted by Gasteiger charge is 2.55. The molecule has 2 nitrogen and oxygen atoms in total. The van der Waals surface area contributed by atoms with Gasteiger partial charge in [-0.3, -0.25) is 4.79 Å². The minimum Gasteiger partial charge on any atom is -0.339 e. The normalized spacial score (nSPS) is 29.8. The minimum atomic E-state index is -2.48. The maximum absolute atomic E-state index is 14.2. The van der Waals surface area contributed by atoms with Crippen LogP contribution in [0, 0.1) is 0 Å². The molecule has 0 spiro atoms. The maximum Gasteiger partial charge on any atom is 0.274 e. The average Bonchev–Trinajstić information content (AvgIpc) is 2.45. The number of carbonyl (C=O) groups excluding carboxylic acids is 1. The van der Waals surface area contributed by atoms with E-state index in [0.717, 1.165) is 4.90 Å². The zero-order valence-corrected chi connectivity index (χ0v) is 9.51. The second-order valence-corrected chi connectivity index (χ2v) is 4.98. The van der Waals surface area contributed by atoms with Crippen LogP contribution in [0.4, 0.5) is 8.78 Å². The van der Waals surface area contributed by atoms with Gasteiger partial charge in [-0.1, -0.05) is 30.0 Å². The largest absolute Gasteiger partial charge is 0.339 e. The molecule has 0 radical (unpaired) electrons. The fourth-order valence-electron chi connectivity index (χ4n) is 1.60. The van der Waals surface area contributed by atoms with Crippen molar-refractivity contribution >= 4 is 17.7 Å². The number of hydrogen-bond acceptors (Lipinski definition) is 2. The molecule has 0 unspecified atom stereocenters. The molecule has 0 saturated carbocycles. The van der Waals surface area contributed by atoms with Crippen LogP contribution in [0.3, 0.4) is 0 Å². The van der Waals surface area contributed by atoms with E-state index < -0.39 is 17.1 Å². The van der Waals surface area contributed by atoms with Crippen molar-refractivity contribution in [1.82, 2.24) is 4.90 Å². The number of benzene rings is 1. The van der Waals surface area contributed by atoms with E-state index in [9.17, 15) is 13.6 Å². The predicted molar refractivity (Wildman–Crippen MR) is 58.7 cm³/mol. The van der Waals surface area contributed by atoms with Gasteiger partial charge in [-0.15, -0.1) is 0 Å². The van der Waals surface area contributed by atoms with E-state index in [-0.39, 0.29) is 6.54 Å². The van der Waals surface area contributed by atoms with Crippen LogP contribution in [0.5, 0.6) is 0 Å². The van der Waals surface area contributed by atoms with Crippen LogP contribution in [-0.2, 0) is 4.79 Å². The highest BCUT2D eigenvalue weighted by molar-refractivity contribution is 8.01. The van der Waals surface area contributed by atoms with Gasteiger partial charge < -0.3 is 4.90 Å². The topological polar surface area (TPSA) is 20.3 Å². The van der Waals surface area contributed by atoms with Gasteiger partial charge in [0.15, 0.2) is 6.17 Å². The first-order valence-electron chi connectivity index (χ1n) is 4.86. The van der Waals surface area contributed by atoms with Crippen molar-refractivity contribution in [3.8, 4) is 0 Å². The zero-order valence-electron chi connectivity index (χ0n) is 8.69. The summed E-state index contributed by atoms with van der Waals surface area (Å²) in [6, 6.07) is 8.54. The van der Waals surface area contributed by atoms with Crippen LogP contribution in [0.1, 0.15) is 0 Å². The lowest BCUT2D eigenvalue weighted by atomic mass is 10.3. The molecule has 0 N–H and O–H groups in total. The summed E-state index contributed by atoms with van der Waals surface area (Å²) in [6.07, 6.45) is -1.78. The number of nitrogens with zero attached hydrogens (tertiary/aromatic N) is 1. The van der Waals surface area contributed by atoms with Crippen molar-refractivity contribution in [2.45, 2.75) is 16.1 Å². The summed E-state index contributed by atoms with van der Waals surface area (Å²) >= 11 is 0.641. The molecule has 1 saturated heterocycles. The van der Waals surface area contributed by atoms with Gasteiger partial charge >= 0.3 is 0 Å². The Morgan fingerprint density at radius 2 is 2.06 bits per heavy atom. The van der Waals surface area contributed by atoms with Crippen molar-refractivity contribution in [3.05, 3.63) is 30.3 Å². The second-order valence-electron chi connectivity index (χ2n) is 3.71. The first-order chi connectivity index (χ1) is 7.54. The monoisotopic (exact) mass is 243 g/mol. The fraction of sp³-hybridized carbons (Fsp3) is 0.364. The van der Waals surface area contributed by atoms with Gasteiger partial charge in [0.05, 0.1) is 6.54 Å². The van der Waals surface area contributed by atoms with E-state index in [4.69, 9.17) is 0 Å². The molecule has 1 aliphatic heterocycles. The third kappa shape index (κ3) is 1.80. The van der Waals surface area contributed by atoms with Gasteiger partial charge in [0, 0.05) is 11.9 Å². The van der Waals surface area contributed by atoms with E-state index in [1.807, 2.05) is 0 Å². The van der Waals surface area contributed by atoms with Gasteiger partial charge in [-0.05, 0) is 12.1 Å². The van der Waals surface area contributed by atoms with Crippen LogP contribution >= 0.6 is 11.8 Å². The quantitative estimate of drug-likeness (QED) is 0.794. The summed E-state index contributed by atoms with van der Waals surface area (Å²) in [7, 11) is 1.40. The number of amides is 1. The van der Waals surface area contributed by atoms with Crippen LogP contribution in [0.15, 0.2) is 35.2 Å². The molecule has 2 atom stereocenters. The number of carbonyl (C=O) groups is 1. The number of hydrogen-bond donors (Lipinski definition) is 0. The molecule has 0 aliphatic carbocycles. The van der Waals surface area contributed by atoms with Gasteiger partial charge in [0.1, 0.15) is 0 Å².